The van der Waals surface area contributed by atoms with Gasteiger partial charge in [-0.05, 0) is 18.2 Å². The van der Waals surface area contributed by atoms with E-state index in [1.165, 1.54) is 0 Å². The van der Waals surface area contributed by atoms with Crippen LogP contribution in [-0.4, -0.2) is 35.0 Å². The van der Waals surface area contributed by atoms with Crippen molar-refractivity contribution < 1.29 is 4.74 Å². The number of hydrogen-bond acceptors (Lipinski definition) is 5. The highest BCUT2D eigenvalue weighted by atomic mass is 16.5. The first-order chi connectivity index (χ1) is 8.72. The van der Waals surface area contributed by atoms with Crippen molar-refractivity contribution in [1.29, 1.82) is 0 Å². The SMILES string of the molecule is COCCN(c1cccc(N)c1)c1nncn1C. The van der Waals surface area contributed by atoms with E-state index < -0.39 is 0 Å². The standard InChI is InChI=1S/C12H17N5O/c1-16-9-14-15-12(16)17(6-7-18-2)11-5-3-4-10(13)8-11/h3-5,8-9H,6-7,13H2,1-2H3. The predicted octanol–water partition coefficient (Wildman–Crippen LogP) is 1.18. The maximum Gasteiger partial charge on any atom is 0.231 e. The van der Waals surface area contributed by atoms with Crippen LogP contribution in [-0.2, 0) is 11.8 Å². The van der Waals surface area contributed by atoms with E-state index in [1.54, 1.807) is 13.4 Å². The largest absolute Gasteiger partial charge is 0.399 e. The van der Waals surface area contributed by atoms with Gasteiger partial charge in [-0.15, -0.1) is 10.2 Å². The van der Waals surface area contributed by atoms with Crippen LogP contribution in [0, 0.1) is 0 Å². The van der Waals surface area contributed by atoms with E-state index in [1.807, 2.05) is 40.8 Å². The second-order valence-electron chi connectivity index (χ2n) is 3.98. The van der Waals surface area contributed by atoms with Gasteiger partial charge in [0.2, 0.25) is 5.95 Å². The number of hydrogen-bond donors (Lipinski definition) is 1. The Morgan fingerprint density at radius 2 is 2.28 bits per heavy atom. The Kier molecular flexibility index (Phi) is 3.78. The molecule has 96 valence electrons. The minimum absolute atomic E-state index is 0.599. The molecule has 0 aliphatic heterocycles. The van der Waals surface area contributed by atoms with Crippen molar-refractivity contribution in [2.24, 2.45) is 7.05 Å². The van der Waals surface area contributed by atoms with E-state index in [2.05, 4.69) is 10.2 Å². The number of nitrogens with two attached hydrogens (primary N) is 1. The van der Waals surface area contributed by atoms with Gasteiger partial charge in [-0.3, -0.25) is 0 Å². The second kappa shape index (κ2) is 5.50. The first-order valence-electron chi connectivity index (χ1n) is 5.68. The van der Waals surface area contributed by atoms with Gasteiger partial charge in [-0.25, -0.2) is 0 Å². The van der Waals surface area contributed by atoms with Crippen molar-refractivity contribution in [3.05, 3.63) is 30.6 Å². The summed E-state index contributed by atoms with van der Waals surface area (Å²) in [7, 11) is 3.58. The van der Waals surface area contributed by atoms with Crippen LogP contribution in [0.3, 0.4) is 0 Å². The predicted molar refractivity (Wildman–Crippen MR) is 70.7 cm³/mol. The number of aromatic nitrogens is 3. The Morgan fingerprint density at radius 1 is 1.44 bits per heavy atom. The normalized spacial score (nSPS) is 10.6. The summed E-state index contributed by atoms with van der Waals surface area (Å²) >= 11 is 0. The van der Waals surface area contributed by atoms with E-state index in [0.717, 1.165) is 17.3 Å². The molecule has 2 rings (SSSR count). The highest BCUT2D eigenvalue weighted by Gasteiger charge is 2.14. The molecule has 18 heavy (non-hydrogen) atoms. The molecule has 0 saturated carbocycles. The molecule has 0 bridgehead atoms. The number of methoxy groups -OCH3 is 1. The average molecular weight is 247 g/mol. The van der Waals surface area contributed by atoms with Gasteiger partial charge in [-0.1, -0.05) is 6.07 Å². The number of rotatable bonds is 5. The molecule has 2 aromatic rings. The first-order valence-corrected chi connectivity index (χ1v) is 5.68. The van der Waals surface area contributed by atoms with E-state index in [9.17, 15) is 0 Å². The summed E-state index contributed by atoms with van der Waals surface area (Å²) in [6, 6.07) is 7.67. The van der Waals surface area contributed by atoms with Gasteiger partial charge in [0.05, 0.1) is 6.61 Å². The zero-order chi connectivity index (χ0) is 13.0. The number of nitrogen functional groups attached to an aromatic ring is 1. The van der Waals surface area contributed by atoms with Crippen LogP contribution in [0.5, 0.6) is 0 Å². The van der Waals surface area contributed by atoms with Gasteiger partial charge in [0.1, 0.15) is 6.33 Å². The van der Waals surface area contributed by atoms with Crippen molar-refractivity contribution in [2.75, 3.05) is 30.9 Å². The van der Waals surface area contributed by atoms with Crippen LogP contribution < -0.4 is 10.6 Å². The second-order valence-corrected chi connectivity index (χ2v) is 3.98. The Balaban J connectivity index is 2.33. The van der Waals surface area contributed by atoms with Crippen molar-refractivity contribution in [1.82, 2.24) is 14.8 Å². The summed E-state index contributed by atoms with van der Waals surface area (Å²) in [4.78, 5) is 2.02. The first kappa shape index (κ1) is 12.4. The number of ether oxygens (including phenoxy) is 1. The average Bonchev–Trinajstić information content (AvgIpc) is 2.77. The highest BCUT2D eigenvalue weighted by Crippen LogP contribution is 2.24. The molecule has 0 aliphatic rings. The monoisotopic (exact) mass is 247 g/mol. The highest BCUT2D eigenvalue weighted by molar-refractivity contribution is 5.62. The number of nitrogens with zero attached hydrogens (tertiary/aromatic N) is 4. The minimum Gasteiger partial charge on any atom is -0.399 e. The summed E-state index contributed by atoms with van der Waals surface area (Å²) in [5.41, 5.74) is 7.51. The maximum absolute atomic E-state index is 5.82. The van der Waals surface area contributed by atoms with Gasteiger partial charge in [0.15, 0.2) is 0 Å². The summed E-state index contributed by atoms with van der Waals surface area (Å²) in [5.74, 6) is 0.762. The number of anilines is 3. The van der Waals surface area contributed by atoms with Crippen LogP contribution in [0.4, 0.5) is 17.3 Å². The van der Waals surface area contributed by atoms with Gasteiger partial charge in [0.25, 0.3) is 0 Å². The molecule has 0 aliphatic carbocycles. The summed E-state index contributed by atoms with van der Waals surface area (Å²) < 4.78 is 6.99. The quantitative estimate of drug-likeness (QED) is 0.803. The summed E-state index contributed by atoms with van der Waals surface area (Å²) in [6.07, 6.45) is 1.67. The van der Waals surface area contributed by atoms with Crippen LogP contribution in [0.15, 0.2) is 30.6 Å². The maximum atomic E-state index is 5.82. The Bertz CT molecular complexity index is 511. The fourth-order valence-electron chi connectivity index (χ4n) is 1.74. The van der Waals surface area contributed by atoms with E-state index >= 15 is 0 Å². The lowest BCUT2D eigenvalue weighted by Gasteiger charge is -2.23. The van der Waals surface area contributed by atoms with Crippen LogP contribution >= 0.6 is 0 Å². The lowest BCUT2D eigenvalue weighted by atomic mass is 10.2. The third-order valence-electron chi connectivity index (χ3n) is 2.63. The molecule has 0 fully saturated rings. The molecule has 2 N–H and O–H groups in total. The molecule has 1 heterocycles. The molecule has 0 spiro atoms. The van der Waals surface area contributed by atoms with Crippen molar-refractivity contribution >= 4 is 17.3 Å². The molecular formula is C12H17N5O. The van der Waals surface area contributed by atoms with Crippen molar-refractivity contribution in [2.45, 2.75) is 0 Å². The molecule has 0 atom stereocenters. The molecule has 0 radical (unpaired) electrons. The third-order valence-corrected chi connectivity index (χ3v) is 2.63. The van der Waals surface area contributed by atoms with Gasteiger partial charge < -0.3 is 19.9 Å². The Labute approximate surface area is 106 Å². The molecule has 0 amide bonds. The zero-order valence-corrected chi connectivity index (χ0v) is 10.6. The molecule has 6 heteroatoms. The topological polar surface area (TPSA) is 69.2 Å². The summed E-state index contributed by atoms with van der Waals surface area (Å²) in [6.45, 7) is 1.29. The zero-order valence-electron chi connectivity index (χ0n) is 10.6. The third kappa shape index (κ3) is 2.60. The van der Waals surface area contributed by atoms with Crippen molar-refractivity contribution in [3.8, 4) is 0 Å². The van der Waals surface area contributed by atoms with Crippen LogP contribution in [0.25, 0.3) is 0 Å². The fourth-order valence-corrected chi connectivity index (χ4v) is 1.74. The van der Waals surface area contributed by atoms with E-state index in [4.69, 9.17) is 10.5 Å². The Morgan fingerprint density at radius 3 is 2.89 bits per heavy atom. The lowest BCUT2D eigenvalue weighted by Crippen LogP contribution is -2.24. The fraction of sp³-hybridized carbons (Fsp3) is 0.333. The summed E-state index contributed by atoms with van der Waals surface area (Å²) in [5, 5.41) is 8.02. The molecule has 0 saturated heterocycles. The van der Waals surface area contributed by atoms with Gasteiger partial charge >= 0.3 is 0 Å². The molecule has 6 nitrogen and oxygen atoms in total. The van der Waals surface area contributed by atoms with Crippen molar-refractivity contribution in [3.63, 3.8) is 0 Å². The van der Waals surface area contributed by atoms with Gasteiger partial charge in [-0.2, -0.15) is 0 Å². The minimum atomic E-state index is 0.599. The molecule has 1 aromatic heterocycles. The smallest absolute Gasteiger partial charge is 0.231 e. The number of benzene rings is 1. The molecule has 0 unspecified atom stereocenters. The lowest BCUT2D eigenvalue weighted by molar-refractivity contribution is 0.207. The van der Waals surface area contributed by atoms with Crippen LogP contribution in [0.1, 0.15) is 0 Å². The Hall–Kier alpha value is -2.08. The molecular weight excluding hydrogens is 230 g/mol. The molecule has 1 aromatic carbocycles. The number of aryl methyl sites for hydroxylation is 1. The van der Waals surface area contributed by atoms with Crippen LogP contribution in [0.2, 0.25) is 0 Å². The van der Waals surface area contributed by atoms with Gasteiger partial charge in [0, 0.05) is 32.1 Å². The van der Waals surface area contributed by atoms with E-state index in [0.29, 0.717) is 13.2 Å². The van der Waals surface area contributed by atoms with E-state index in [-0.39, 0.29) is 0 Å².